The van der Waals surface area contributed by atoms with Gasteiger partial charge in [0.1, 0.15) is 0 Å². The van der Waals surface area contributed by atoms with E-state index in [9.17, 15) is 4.79 Å². The maximum atomic E-state index is 11.7. The molecule has 2 aromatic rings. The second-order valence-corrected chi connectivity index (χ2v) is 5.34. The van der Waals surface area contributed by atoms with E-state index in [2.05, 4.69) is 15.6 Å². The summed E-state index contributed by atoms with van der Waals surface area (Å²) in [6.07, 6.45) is 0. The zero-order chi connectivity index (χ0) is 13.7. The lowest BCUT2D eigenvalue weighted by molar-refractivity contribution is 0.240. The van der Waals surface area contributed by atoms with Gasteiger partial charge in [0.15, 0.2) is 0 Å². The van der Waals surface area contributed by atoms with E-state index < -0.39 is 0 Å². The second kappa shape index (κ2) is 6.54. The number of hydrogen-bond acceptors (Lipinski definition) is 3. The summed E-state index contributed by atoms with van der Waals surface area (Å²) in [4.78, 5) is 16.8. The molecule has 2 N–H and O–H groups in total. The first kappa shape index (κ1) is 13.8. The van der Waals surface area contributed by atoms with E-state index in [0.717, 1.165) is 16.1 Å². The highest BCUT2D eigenvalue weighted by atomic mass is 35.5. The smallest absolute Gasteiger partial charge is 0.315 e. The molecule has 0 bridgehead atoms. The maximum Gasteiger partial charge on any atom is 0.315 e. The summed E-state index contributed by atoms with van der Waals surface area (Å²) in [5, 5.41) is 6.22. The molecule has 0 radical (unpaired) electrons. The second-order valence-electron chi connectivity index (χ2n) is 3.99. The van der Waals surface area contributed by atoms with Crippen LogP contribution >= 0.6 is 22.9 Å². The van der Waals surface area contributed by atoms with Crippen molar-refractivity contribution >= 4 is 29.0 Å². The predicted molar refractivity (Wildman–Crippen MR) is 77.4 cm³/mol. The number of hydrogen-bond donors (Lipinski definition) is 2. The highest BCUT2D eigenvalue weighted by Crippen LogP contribution is 2.14. The fraction of sp³-hybridized carbons (Fsp3) is 0.231. The molecule has 0 saturated heterocycles. The highest BCUT2D eigenvalue weighted by molar-refractivity contribution is 7.09. The molecule has 1 aromatic carbocycles. The van der Waals surface area contributed by atoms with Gasteiger partial charge < -0.3 is 10.6 Å². The fourth-order valence-corrected chi connectivity index (χ4v) is 2.46. The van der Waals surface area contributed by atoms with Crippen LogP contribution in [0.1, 0.15) is 16.1 Å². The molecule has 0 saturated carbocycles. The van der Waals surface area contributed by atoms with E-state index in [0.29, 0.717) is 18.1 Å². The molecule has 0 aliphatic heterocycles. The minimum absolute atomic E-state index is 0.215. The van der Waals surface area contributed by atoms with Crippen molar-refractivity contribution in [3.05, 3.63) is 50.9 Å². The van der Waals surface area contributed by atoms with Crippen LogP contribution < -0.4 is 10.6 Å². The molecule has 19 heavy (non-hydrogen) atoms. The lowest BCUT2D eigenvalue weighted by atomic mass is 10.2. The highest BCUT2D eigenvalue weighted by Gasteiger charge is 2.05. The van der Waals surface area contributed by atoms with E-state index in [1.807, 2.05) is 25.1 Å². The van der Waals surface area contributed by atoms with Crippen LogP contribution in [0.15, 0.2) is 29.8 Å². The van der Waals surface area contributed by atoms with Gasteiger partial charge in [-0.3, -0.25) is 0 Å². The Morgan fingerprint density at radius 1 is 1.32 bits per heavy atom. The molecule has 0 spiro atoms. The van der Waals surface area contributed by atoms with Gasteiger partial charge in [0.25, 0.3) is 0 Å². The first-order chi connectivity index (χ1) is 9.16. The fourth-order valence-electron chi connectivity index (χ4n) is 1.54. The molecule has 6 heteroatoms. The van der Waals surface area contributed by atoms with Gasteiger partial charge in [-0.2, -0.15) is 0 Å². The number of rotatable bonds is 4. The zero-order valence-electron chi connectivity index (χ0n) is 10.4. The topological polar surface area (TPSA) is 54.0 Å². The molecule has 1 heterocycles. The molecule has 0 aliphatic rings. The number of nitrogens with zero attached hydrogens (tertiary/aromatic N) is 1. The molecule has 2 rings (SSSR count). The SMILES string of the molecule is Cc1ncsc1CNC(=O)NCc1ccccc1Cl. The van der Waals surface area contributed by atoms with Gasteiger partial charge in [-0.05, 0) is 18.6 Å². The van der Waals surface area contributed by atoms with E-state index in [4.69, 9.17) is 11.6 Å². The quantitative estimate of drug-likeness (QED) is 0.910. The van der Waals surface area contributed by atoms with Crippen molar-refractivity contribution in [2.75, 3.05) is 0 Å². The lowest BCUT2D eigenvalue weighted by Gasteiger charge is -2.08. The van der Waals surface area contributed by atoms with Crippen LogP contribution in [0.2, 0.25) is 5.02 Å². The van der Waals surface area contributed by atoms with Crippen LogP contribution in [-0.2, 0) is 13.1 Å². The van der Waals surface area contributed by atoms with E-state index >= 15 is 0 Å². The van der Waals surface area contributed by atoms with Gasteiger partial charge in [-0.15, -0.1) is 11.3 Å². The molecule has 100 valence electrons. The lowest BCUT2D eigenvalue weighted by Crippen LogP contribution is -2.34. The number of carbonyl (C=O) groups excluding carboxylic acids is 1. The summed E-state index contributed by atoms with van der Waals surface area (Å²) >= 11 is 7.54. The van der Waals surface area contributed by atoms with Crippen LogP contribution in [-0.4, -0.2) is 11.0 Å². The Labute approximate surface area is 120 Å². The molecule has 0 aliphatic carbocycles. The van der Waals surface area contributed by atoms with Crippen LogP contribution in [0.3, 0.4) is 0 Å². The molecule has 0 unspecified atom stereocenters. The average molecular weight is 296 g/mol. The summed E-state index contributed by atoms with van der Waals surface area (Å²) in [5.74, 6) is 0. The monoisotopic (exact) mass is 295 g/mol. The van der Waals surface area contributed by atoms with Gasteiger partial charge in [0.2, 0.25) is 0 Å². The van der Waals surface area contributed by atoms with Crippen LogP contribution in [0.4, 0.5) is 4.79 Å². The average Bonchev–Trinajstić information content (AvgIpc) is 2.81. The largest absolute Gasteiger partial charge is 0.334 e. The molecule has 0 fully saturated rings. The number of halogens is 1. The number of nitrogens with one attached hydrogen (secondary N) is 2. The Morgan fingerprint density at radius 2 is 2.05 bits per heavy atom. The van der Waals surface area contributed by atoms with Crippen molar-refractivity contribution < 1.29 is 4.79 Å². The van der Waals surface area contributed by atoms with Crippen LogP contribution in [0, 0.1) is 6.92 Å². The number of urea groups is 1. The third-order valence-corrected chi connectivity index (χ3v) is 3.96. The summed E-state index contributed by atoms with van der Waals surface area (Å²) in [6.45, 7) is 2.83. The minimum Gasteiger partial charge on any atom is -0.334 e. The molecule has 1 aromatic heterocycles. The molecule has 0 atom stereocenters. The molecule has 2 amide bonds. The van der Waals surface area contributed by atoms with E-state index in [-0.39, 0.29) is 6.03 Å². The van der Waals surface area contributed by atoms with Crippen molar-refractivity contribution in [3.8, 4) is 0 Å². The van der Waals surface area contributed by atoms with Crippen molar-refractivity contribution in [1.82, 2.24) is 15.6 Å². The first-order valence-electron chi connectivity index (χ1n) is 5.81. The summed E-state index contributed by atoms with van der Waals surface area (Å²) in [5.41, 5.74) is 3.62. The third kappa shape index (κ3) is 3.94. The number of aryl methyl sites for hydroxylation is 1. The number of carbonyl (C=O) groups is 1. The number of amides is 2. The van der Waals surface area contributed by atoms with Gasteiger partial charge in [0.05, 0.1) is 17.7 Å². The van der Waals surface area contributed by atoms with E-state index in [1.165, 1.54) is 11.3 Å². The Morgan fingerprint density at radius 3 is 2.74 bits per heavy atom. The number of thiazole rings is 1. The van der Waals surface area contributed by atoms with Crippen molar-refractivity contribution in [1.29, 1.82) is 0 Å². The van der Waals surface area contributed by atoms with E-state index in [1.54, 1.807) is 11.6 Å². The Balaban J connectivity index is 1.79. The normalized spacial score (nSPS) is 10.2. The van der Waals surface area contributed by atoms with Crippen molar-refractivity contribution in [2.45, 2.75) is 20.0 Å². The van der Waals surface area contributed by atoms with Crippen LogP contribution in [0.5, 0.6) is 0 Å². The molecular formula is C13H14ClN3OS. The van der Waals surface area contributed by atoms with Crippen molar-refractivity contribution in [2.24, 2.45) is 0 Å². The summed E-state index contributed by atoms with van der Waals surface area (Å²) < 4.78 is 0. The Bertz CT molecular complexity index is 571. The van der Waals surface area contributed by atoms with Gasteiger partial charge in [0, 0.05) is 16.4 Å². The first-order valence-corrected chi connectivity index (χ1v) is 7.06. The van der Waals surface area contributed by atoms with Crippen LogP contribution in [0.25, 0.3) is 0 Å². The zero-order valence-corrected chi connectivity index (χ0v) is 12.0. The maximum absolute atomic E-state index is 11.7. The standard InChI is InChI=1S/C13H14ClN3OS/c1-9-12(19-8-17-9)7-16-13(18)15-6-10-4-2-3-5-11(10)14/h2-5,8H,6-7H2,1H3,(H2,15,16,18). The predicted octanol–water partition coefficient (Wildman–Crippen LogP) is 3.10. The van der Waals surface area contributed by atoms with Gasteiger partial charge in [-0.25, -0.2) is 9.78 Å². The number of aromatic nitrogens is 1. The molecule has 4 nitrogen and oxygen atoms in total. The Hall–Kier alpha value is -1.59. The van der Waals surface area contributed by atoms with Gasteiger partial charge >= 0.3 is 6.03 Å². The summed E-state index contributed by atoms with van der Waals surface area (Å²) in [7, 11) is 0. The minimum atomic E-state index is -0.215. The Kier molecular flexibility index (Phi) is 4.76. The number of benzene rings is 1. The van der Waals surface area contributed by atoms with Gasteiger partial charge in [-0.1, -0.05) is 29.8 Å². The molecular weight excluding hydrogens is 282 g/mol. The van der Waals surface area contributed by atoms with Crippen molar-refractivity contribution in [3.63, 3.8) is 0 Å². The summed E-state index contributed by atoms with van der Waals surface area (Å²) in [6, 6.07) is 7.22. The third-order valence-electron chi connectivity index (χ3n) is 2.65.